The van der Waals surface area contributed by atoms with Gasteiger partial charge in [0.25, 0.3) is 0 Å². The van der Waals surface area contributed by atoms with Gasteiger partial charge in [0.1, 0.15) is 11.9 Å². The maximum atomic E-state index is 11.4. The number of nitrogens with zero attached hydrogens (tertiary/aromatic N) is 1. The number of carbonyl (C=O) groups is 1. The summed E-state index contributed by atoms with van der Waals surface area (Å²) in [5, 5.41) is 23.3. The van der Waals surface area contributed by atoms with Crippen LogP contribution in [0.2, 0.25) is 0 Å². The van der Waals surface area contributed by atoms with Gasteiger partial charge in [0.2, 0.25) is 0 Å². The molecule has 1 aromatic heterocycles. The Labute approximate surface area is 180 Å². The van der Waals surface area contributed by atoms with Crippen molar-refractivity contribution in [2.24, 2.45) is 0 Å². The molecule has 1 saturated heterocycles. The maximum Gasteiger partial charge on any atom is 0.335 e. The van der Waals surface area contributed by atoms with Crippen molar-refractivity contribution >= 4 is 27.6 Å². The molecule has 2 atom stereocenters. The van der Waals surface area contributed by atoms with E-state index in [-0.39, 0.29) is 11.7 Å². The van der Waals surface area contributed by atoms with E-state index in [0.29, 0.717) is 6.04 Å². The van der Waals surface area contributed by atoms with Crippen molar-refractivity contribution < 1.29 is 14.6 Å². The zero-order valence-corrected chi connectivity index (χ0v) is 17.4. The SMILES string of the molecule is CC[C@H](Oc1ccc2cc(-c3n[nH]c4ccc(C(=O)O)cc34)ccc2c1)C1CCCN1. The fourth-order valence-electron chi connectivity index (χ4n) is 4.47. The van der Waals surface area contributed by atoms with Crippen molar-refractivity contribution in [3.63, 3.8) is 0 Å². The quantitative estimate of drug-likeness (QED) is 0.413. The molecule has 1 unspecified atom stereocenters. The molecule has 5 rings (SSSR count). The first-order chi connectivity index (χ1) is 15.1. The lowest BCUT2D eigenvalue weighted by molar-refractivity contribution is 0.0697. The predicted molar refractivity (Wildman–Crippen MR) is 122 cm³/mol. The Hall–Kier alpha value is -3.38. The second-order valence-corrected chi connectivity index (χ2v) is 8.13. The summed E-state index contributed by atoms with van der Waals surface area (Å²) in [5.74, 6) is -0.0598. The van der Waals surface area contributed by atoms with Crippen LogP contribution in [0.5, 0.6) is 5.75 Å². The maximum absolute atomic E-state index is 11.4. The summed E-state index contributed by atoms with van der Waals surface area (Å²) in [6.45, 7) is 3.24. The predicted octanol–water partition coefficient (Wildman–Crippen LogP) is 4.99. The average Bonchev–Trinajstić information content (AvgIpc) is 3.46. The van der Waals surface area contributed by atoms with Crippen LogP contribution in [0.15, 0.2) is 54.6 Å². The molecule has 0 bridgehead atoms. The van der Waals surface area contributed by atoms with E-state index in [2.05, 4.69) is 46.7 Å². The van der Waals surface area contributed by atoms with Gasteiger partial charge in [0.15, 0.2) is 0 Å². The Morgan fingerprint density at radius 3 is 2.77 bits per heavy atom. The van der Waals surface area contributed by atoms with Gasteiger partial charge in [-0.3, -0.25) is 5.10 Å². The first kappa shape index (κ1) is 19.6. The van der Waals surface area contributed by atoms with Crippen molar-refractivity contribution in [2.75, 3.05) is 6.54 Å². The molecule has 6 heteroatoms. The largest absolute Gasteiger partial charge is 0.489 e. The van der Waals surface area contributed by atoms with E-state index in [9.17, 15) is 9.90 Å². The van der Waals surface area contributed by atoms with E-state index in [1.807, 2.05) is 12.1 Å². The fraction of sp³-hybridized carbons (Fsp3) is 0.280. The molecule has 0 spiro atoms. The van der Waals surface area contributed by atoms with Gasteiger partial charge < -0.3 is 15.2 Å². The van der Waals surface area contributed by atoms with Crippen LogP contribution in [0, 0.1) is 0 Å². The highest BCUT2D eigenvalue weighted by molar-refractivity contribution is 6.00. The van der Waals surface area contributed by atoms with Crippen LogP contribution < -0.4 is 10.1 Å². The van der Waals surface area contributed by atoms with Gasteiger partial charge >= 0.3 is 5.97 Å². The third kappa shape index (κ3) is 3.75. The van der Waals surface area contributed by atoms with Gasteiger partial charge in [0.05, 0.1) is 16.8 Å². The highest BCUT2D eigenvalue weighted by Gasteiger charge is 2.24. The summed E-state index contributed by atoms with van der Waals surface area (Å²) < 4.78 is 6.32. The Morgan fingerprint density at radius 1 is 1.16 bits per heavy atom. The first-order valence-electron chi connectivity index (χ1n) is 10.8. The molecule has 2 heterocycles. The third-order valence-corrected chi connectivity index (χ3v) is 6.13. The zero-order valence-electron chi connectivity index (χ0n) is 17.4. The van der Waals surface area contributed by atoms with Crippen LogP contribution in [-0.4, -0.2) is 40.0 Å². The fourth-order valence-corrected chi connectivity index (χ4v) is 4.47. The van der Waals surface area contributed by atoms with Crippen LogP contribution in [0.25, 0.3) is 32.9 Å². The molecule has 1 aliphatic heterocycles. The van der Waals surface area contributed by atoms with Crippen molar-refractivity contribution in [3.05, 3.63) is 60.2 Å². The monoisotopic (exact) mass is 415 g/mol. The number of H-pyrrole nitrogens is 1. The normalized spacial score (nSPS) is 17.3. The molecule has 1 aliphatic rings. The van der Waals surface area contributed by atoms with E-state index in [4.69, 9.17) is 4.74 Å². The topological polar surface area (TPSA) is 87.2 Å². The molecule has 4 aromatic rings. The Bertz CT molecular complexity index is 1260. The lowest BCUT2D eigenvalue weighted by atomic mass is 10.0. The lowest BCUT2D eigenvalue weighted by Gasteiger charge is -2.24. The zero-order chi connectivity index (χ0) is 21.4. The smallest absolute Gasteiger partial charge is 0.335 e. The number of rotatable bonds is 6. The average molecular weight is 415 g/mol. The van der Waals surface area contributed by atoms with E-state index in [1.165, 1.54) is 6.42 Å². The van der Waals surface area contributed by atoms with Crippen LogP contribution in [0.1, 0.15) is 36.5 Å². The molecule has 0 radical (unpaired) electrons. The van der Waals surface area contributed by atoms with E-state index >= 15 is 0 Å². The van der Waals surface area contributed by atoms with Crippen LogP contribution in [0.4, 0.5) is 0 Å². The Morgan fingerprint density at radius 2 is 2.00 bits per heavy atom. The van der Waals surface area contributed by atoms with Crippen molar-refractivity contribution in [1.29, 1.82) is 0 Å². The first-order valence-corrected chi connectivity index (χ1v) is 10.8. The van der Waals surface area contributed by atoms with E-state index < -0.39 is 5.97 Å². The van der Waals surface area contributed by atoms with Gasteiger partial charge in [-0.2, -0.15) is 5.10 Å². The summed E-state index contributed by atoms with van der Waals surface area (Å²) in [7, 11) is 0. The molecule has 3 N–H and O–H groups in total. The van der Waals surface area contributed by atoms with E-state index in [0.717, 1.165) is 58.1 Å². The highest BCUT2D eigenvalue weighted by atomic mass is 16.5. The summed E-state index contributed by atoms with van der Waals surface area (Å²) in [4.78, 5) is 11.4. The van der Waals surface area contributed by atoms with Gasteiger partial charge in [-0.25, -0.2) is 4.79 Å². The number of aromatic amines is 1. The molecule has 158 valence electrons. The van der Waals surface area contributed by atoms with Gasteiger partial charge in [0, 0.05) is 17.0 Å². The number of nitrogens with one attached hydrogen (secondary N) is 2. The minimum Gasteiger partial charge on any atom is -0.489 e. The van der Waals surface area contributed by atoms with Crippen molar-refractivity contribution in [3.8, 4) is 17.0 Å². The molecule has 3 aromatic carbocycles. The summed E-state index contributed by atoms with van der Waals surface area (Å²) in [5.41, 5.74) is 2.75. The molecule has 0 saturated carbocycles. The van der Waals surface area contributed by atoms with Crippen molar-refractivity contribution in [1.82, 2.24) is 15.5 Å². The van der Waals surface area contributed by atoms with E-state index in [1.54, 1.807) is 18.2 Å². The van der Waals surface area contributed by atoms with Crippen LogP contribution in [0.3, 0.4) is 0 Å². The number of carboxylic acids is 1. The number of hydrogen-bond acceptors (Lipinski definition) is 4. The minimum absolute atomic E-state index is 0.179. The number of aromatic nitrogens is 2. The van der Waals surface area contributed by atoms with Crippen molar-refractivity contribution in [2.45, 2.75) is 38.3 Å². The third-order valence-electron chi connectivity index (χ3n) is 6.13. The van der Waals surface area contributed by atoms with Gasteiger partial charge in [-0.15, -0.1) is 0 Å². The van der Waals surface area contributed by atoms with Gasteiger partial charge in [-0.1, -0.05) is 25.1 Å². The highest BCUT2D eigenvalue weighted by Crippen LogP contribution is 2.31. The molecule has 1 fully saturated rings. The van der Waals surface area contributed by atoms with Crippen LogP contribution >= 0.6 is 0 Å². The van der Waals surface area contributed by atoms with Gasteiger partial charge in [-0.05, 0) is 73.0 Å². The number of aromatic carboxylic acids is 1. The number of carboxylic acid groups (broad SMARTS) is 1. The Balaban J connectivity index is 1.46. The number of ether oxygens (including phenoxy) is 1. The molecular weight excluding hydrogens is 390 g/mol. The number of benzene rings is 3. The van der Waals surface area contributed by atoms with Crippen LogP contribution in [-0.2, 0) is 0 Å². The molecule has 6 nitrogen and oxygen atoms in total. The summed E-state index contributed by atoms with van der Waals surface area (Å²) in [6, 6.07) is 17.8. The number of fused-ring (bicyclic) bond motifs is 2. The molecule has 31 heavy (non-hydrogen) atoms. The minimum atomic E-state index is -0.946. The molecular formula is C25H25N3O3. The summed E-state index contributed by atoms with van der Waals surface area (Å²) >= 11 is 0. The molecule has 0 amide bonds. The summed E-state index contributed by atoms with van der Waals surface area (Å²) in [6.07, 6.45) is 3.52. The lowest BCUT2D eigenvalue weighted by Crippen LogP contribution is -2.38. The second-order valence-electron chi connectivity index (χ2n) is 8.13. The molecule has 0 aliphatic carbocycles. The standard InChI is InChI=1S/C25H25N3O3/c1-2-23(22-4-3-11-26-22)31-19-9-7-15-12-17(6-5-16(15)13-19)24-20-14-18(25(29)30)8-10-21(20)27-28-24/h5-10,12-14,22-23,26H,2-4,11H2,1H3,(H,27,28)(H,29,30)/t22?,23-/m0/s1. The number of hydrogen-bond donors (Lipinski definition) is 3. The second kappa shape index (κ2) is 8.04. The Kier molecular flexibility index (Phi) is 5.08.